The molecule has 0 saturated carbocycles. The standard InChI is InChI=1S/C23H22FN5O5/c1-28-18-10-14(7-9-20(30)31)6-8-19(18)34-12-17(23(28)33)26-22(32)21-25-13-29(27-21)11-15-4-2-3-5-16(15)24/h2-6,8,10,13,17H,7,9,11-12H2,1H3,(H,26,32)(H,30,31). The number of fused-ring (bicyclic) bond motifs is 1. The van der Waals surface area contributed by atoms with Gasteiger partial charge in [0.25, 0.3) is 11.8 Å². The number of carbonyl (C=O) groups excluding carboxylic acids is 2. The lowest BCUT2D eigenvalue weighted by molar-refractivity contribution is -0.137. The van der Waals surface area contributed by atoms with Gasteiger partial charge in [-0.15, -0.1) is 5.10 Å². The van der Waals surface area contributed by atoms with Gasteiger partial charge in [0.2, 0.25) is 5.82 Å². The predicted octanol–water partition coefficient (Wildman–Crippen LogP) is 1.64. The van der Waals surface area contributed by atoms with Crippen molar-refractivity contribution in [3.8, 4) is 5.75 Å². The molecule has 10 nitrogen and oxygen atoms in total. The van der Waals surface area contributed by atoms with Crippen molar-refractivity contribution < 1.29 is 28.6 Å². The van der Waals surface area contributed by atoms with Crippen LogP contribution in [-0.2, 0) is 22.6 Å². The molecule has 0 fully saturated rings. The third-order valence-corrected chi connectivity index (χ3v) is 5.38. The minimum absolute atomic E-state index is 0.0352. The number of hydrogen-bond donors (Lipinski definition) is 2. The van der Waals surface area contributed by atoms with Crippen molar-refractivity contribution in [2.45, 2.75) is 25.4 Å². The van der Waals surface area contributed by atoms with E-state index in [9.17, 15) is 18.8 Å². The van der Waals surface area contributed by atoms with Gasteiger partial charge >= 0.3 is 5.97 Å². The van der Waals surface area contributed by atoms with Gasteiger partial charge in [-0.25, -0.2) is 14.1 Å². The molecule has 176 valence electrons. The van der Waals surface area contributed by atoms with E-state index in [-0.39, 0.29) is 31.2 Å². The first-order valence-corrected chi connectivity index (χ1v) is 10.5. The number of anilines is 1. The fourth-order valence-corrected chi connectivity index (χ4v) is 3.55. The number of amides is 2. The summed E-state index contributed by atoms with van der Waals surface area (Å²) in [4.78, 5) is 41.8. The summed E-state index contributed by atoms with van der Waals surface area (Å²) >= 11 is 0. The number of benzene rings is 2. The number of carboxylic acid groups (broad SMARTS) is 1. The van der Waals surface area contributed by atoms with E-state index >= 15 is 0 Å². The van der Waals surface area contributed by atoms with Crippen LogP contribution in [0, 0.1) is 5.82 Å². The molecule has 1 unspecified atom stereocenters. The molecule has 3 aromatic rings. The quantitative estimate of drug-likeness (QED) is 0.541. The van der Waals surface area contributed by atoms with E-state index in [4.69, 9.17) is 9.84 Å². The zero-order valence-corrected chi connectivity index (χ0v) is 18.3. The summed E-state index contributed by atoms with van der Waals surface area (Å²) in [5.41, 5.74) is 1.63. The van der Waals surface area contributed by atoms with Crippen molar-refractivity contribution in [1.29, 1.82) is 0 Å². The summed E-state index contributed by atoms with van der Waals surface area (Å²) in [5, 5.41) is 15.6. The summed E-state index contributed by atoms with van der Waals surface area (Å²) < 4.78 is 20.9. The molecule has 11 heteroatoms. The number of likely N-dealkylation sites (N-methyl/N-ethyl adjacent to an activating group) is 1. The monoisotopic (exact) mass is 467 g/mol. The second-order valence-corrected chi connectivity index (χ2v) is 7.79. The van der Waals surface area contributed by atoms with E-state index in [2.05, 4.69) is 15.4 Å². The summed E-state index contributed by atoms with van der Waals surface area (Å²) in [6, 6.07) is 10.3. The third kappa shape index (κ3) is 5.03. The van der Waals surface area contributed by atoms with Crippen LogP contribution in [0.3, 0.4) is 0 Å². The number of aromatic nitrogens is 3. The molecule has 0 spiro atoms. The topological polar surface area (TPSA) is 127 Å². The number of ether oxygens (including phenoxy) is 1. The highest BCUT2D eigenvalue weighted by atomic mass is 19.1. The summed E-state index contributed by atoms with van der Waals surface area (Å²) in [6.45, 7) is -0.00694. The molecule has 34 heavy (non-hydrogen) atoms. The van der Waals surface area contributed by atoms with Crippen molar-refractivity contribution in [3.05, 3.63) is 71.6 Å². The van der Waals surface area contributed by atoms with E-state index in [1.807, 2.05) is 0 Å². The summed E-state index contributed by atoms with van der Waals surface area (Å²) in [7, 11) is 1.55. The summed E-state index contributed by atoms with van der Waals surface area (Å²) in [5.74, 6) is -2.10. The van der Waals surface area contributed by atoms with Gasteiger partial charge in [-0.1, -0.05) is 24.3 Å². The highest BCUT2D eigenvalue weighted by Gasteiger charge is 2.31. The van der Waals surface area contributed by atoms with Crippen molar-refractivity contribution in [1.82, 2.24) is 20.1 Å². The Morgan fingerprint density at radius 2 is 2.06 bits per heavy atom. The van der Waals surface area contributed by atoms with Gasteiger partial charge in [-0.2, -0.15) is 0 Å². The summed E-state index contributed by atoms with van der Waals surface area (Å²) in [6.07, 6.45) is 1.59. The van der Waals surface area contributed by atoms with Crippen molar-refractivity contribution in [3.63, 3.8) is 0 Å². The van der Waals surface area contributed by atoms with E-state index in [1.165, 1.54) is 22.0 Å². The maximum Gasteiger partial charge on any atom is 0.303 e. The molecule has 2 heterocycles. The number of halogens is 1. The molecule has 2 amide bonds. The average molecular weight is 467 g/mol. The fraction of sp³-hybridized carbons (Fsp3) is 0.261. The number of nitrogens with zero attached hydrogens (tertiary/aromatic N) is 4. The Morgan fingerprint density at radius 1 is 1.26 bits per heavy atom. The second kappa shape index (κ2) is 9.69. The van der Waals surface area contributed by atoms with Crippen LogP contribution < -0.4 is 15.0 Å². The van der Waals surface area contributed by atoms with E-state index in [0.29, 0.717) is 23.4 Å². The van der Waals surface area contributed by atoms with E-state index < -0.39 is 23.8 Å². The smallest absolute Gasteiger partial charge is 0.303 e. The minimum atomic E-state index is -0.995. The van der Waals surface area contributed by atoms with Crippen LogP contribution >= 0.6 is 0 Å². The van der Waals surface area contributed by atoms with Gasteiger partial charge in [0, 0.05) is 19.0 Å². The van der Waals surface area contributed by atoms with Crippen molar-refractivity contribution >= 4 is 23.5 Å². The molecular weight excluding hydrogens is 445 g/mol. The molecule has 1 atom stereocenters. The Morgan fingerprint density at radius 3 is 2.82 bits per heavy atom. The molecule has 2 aromatic carbocycles. The normalized spacial score (nSPS) is 15.3. The first kappa shape index (κ1) is 22.9. The Bertz CT molecular complexity index is 1240. The van der Waals surface area contributed by atoms with Gasteiger partial charge in [0.15, 0.2) is 0 Å². The molecule has 0 saturated heterocycles. The van der Waals surface area contributed by atoms with Crippen LogP contribution in [0.1, 0.15) is 28.2 Å². The van der Waals surface area contributed by atoms with Crippen LogP contribution in [0.15, 0.2) is 48.8 Å². The molecule has 0 bridgehead atoms. The first-order valence-electron chi connectivity index (χ1n) is 10.5. The van der Waals surface area contributed by atoms with Crippen molar-refractivity contribution in [2.75, 3.05) is 18.6 Å². The van der Waals surface area contributed by atoms with Gasteiger partial charge in [-0.05, 0) is 30.2 Å². The number of carbonyl (C=O) groups is 3. The van der Waals surface area contributed by atoms with Crippen LogP contribution in [0.25, 0.3) is 0 Å². The average Bonchev–Trinajstić information content (AvgIpc) is 3.25. The molecule has 0 radical (unpaired) electrons. The first-order chi connectivity index (χ1) is 16.3. The Kier molecular flexibility index (Phi) is 6.53. The number of hydrogen-bond acceptors (Lipinski definition) is 6. The Balaban J connectivity index is 1.43. The van der Waals surface area contributed by atoms with Crippen molar-refractivity contribution in [2.24, 2.45) is 0 Å². The molecule has 1 aromatic heterocycles. The lowest BCUT2D eigenvalue weighted by Crippen LogP contribution is -2.49. The number of nitrogens with one attached hydrogen (secondary N) is 1. The lowest BCUT2D eigenvalue weighted by Gasteiger charge is -2.20. The molecular formula is C23H22FN5O5. The lowest BCUT2D eigenvalue weighted by atomic mass is 10.1. The van der Waals surface area contributed by atoms with Crippen LogP contribution in [0.4, 0.5) is 10.1 Å². The molecule has 0 aliphatic carbocycles. The Labute approximate surface area is 194 Å². The number of rotatable bonds is 7. The van der Waals surface area contributed by atoms with Gasteiger partial charge in [0.05, 0.1) is 12.2 Å². The predicted molar refractivity (Wildman–Crippen MR) is 118 cm³/mol. The Hall–Kier alpha value is -4.28. The number of aryl methyl sites for hydroxylation is 1. The van der Waals surface area contributed by atoms with Crippen LogP contribution in [0.5, 0.6) is 5.75 Å². The third-order valence-electron chi connectivity index (χ3n) is 5.38. The highest BCUT2D eigenvalue weighted by Crippen LogP contribution is 2.32. The molecule has 4 rings (SSSR count). The number of aliphatic carboxylic acids is 1. The molecule has 1 aliphatic heterocycles. The number of carboxylic acids is 1. The molecule has 1 aliphatic rings. The minimum Gasteiger partial charge on any atom is -0.489 e. The van der Waals surface area contributed by atoms with E-state index in [1.54, 1.807) is 43.4 Å². The van der Waals surface area contributed by atoms with Gasteiger partial charge in [-0.3, -0.25) is 14.4 Å². The molecule has 2 N–H and O–H groups in total. The second-order valence-electron chi connectivity index (χ2n) is 7.79. The maximum absolute atomic E-state index is 13.9. The van der Waals surface area contributed by atoms with Crippen LogP contribution in [-0.4, -0.2) is 57.4 Å². The van der Waals surface area contributed by atoms with Gasteiger partial charge < -0.3 is 20.1 Å². The van der Waals surface area contributed by atoms with Crippen LogP contribution in [0.2, 0.25) is 0 Å². The SMILES string of the molecule is CN1C(=O)C(NC(=O)c2ncn(Cc3ccccc3F)n2)COc2ccc(CCC(=O)O)cc21. The largest absolute Gasteiger partial charge is 0.489 e. The zero-order chi connectivity index (χ0) is 24.2. The highest BCUT2D eigenvalue weighted by molar-refractivity contribution is 6.02. The van der Waals surface area contributed by atoms with E-state index in [0.717, 1.165) is 5.56 Å². The fourth-order valence-electron chi connectivity index (χ4n) is 3.55. The maximum atomic E-state index is 13.9. The van der Waals surface area contributed by atoms with Gasteiger partial charge in [0.1, 0.15) is 30.5 Å². The zero-order valence-electron chi connectivity index (χ0n) is 18.3.